The standard InChI is InChI=1S/C15H16N2/c1-11-6-8-13(9-7-11)14-10-17-12(2)4-3-5-15(17)16-14/h3-6,8-11H,7H2,1-2H3. The Morgan fingerprint density at radius 2 is 2.24 bits per heavy atom. The van der Waals surface area contributed by atoms with Gasteiger partial charge in [-0.2, -0.15) is 0 Å². The highest BCUT2D eigenvalue weighted by atomic mass is 15.0. The minimum absolute atomic E-state index is 0.650. The molecule has 0 saturated heterocycles. The third-order valence-electron chi connectivity index (χ3n) is 3.31. The maximum Gasteiger partial charge on any atom is 0.137 e. The molecule has 1 aliphatic rings. The van der Waals surface area contributed by atoms with Crippen molar-refractivity contribution in [2.45, 2.75) is 20.3 Å². The molecule has 17 heavy (non-hydrogen) atoms. The average molecular weight is 224 g/mol. The van der Waals surface area contributed by atoms with Crippen molar-refractivity contribution in [1.29, 1.82) is 0 Å². The molecule has 0 amide bonds. The summed E-state index contributed by atoms with van der Waals surface area (Å²) < 4.78 is 2.14. The summed E-state index contributed by atoms with van der Waals surface area (Å²) in [5.41, 5.74) is 4.55. The zero-order chi connectivity index (χ0) is 11.8. The lowest BCUT2D eigenvalue weighted by Gasteiger charge is -2.09. The van der Waals surface area contributed by atoms with E-state index < -0.39 is 0 Å². The zero-order valence-corrected chi connectivity index (χ0v) is 10.2. The van der Waals surface area contributed by atoms with Crippen molar-refractivity contribution < 1.29 is 0 Å². The number of imidazole rings is 1. The van der Waals surface area contributed by atoms with Gasteiger partial charge in [0.05, 0.1) is 5.69 Å². The topological polar surface area (TPSA) is 17.3 Å². The highest BCUT2D eigenvalue weighted by molar-refractivity contribution is 5.73. The van der Waals surface area contributed by atoms with E-state index in [0.717, 1.165) is 17.8 Å². The van der Waals surface area contributed by atoms with E-state index in [1.807, 2.05) is 6.07 Å². The summed E-state index contributed by atoms with van der Waals surface area (Å²) in [4.78, 5) is 4.67. The second-order valence-electron chi connectivity index (χ2n) is 4.75. The molecule has 2 aromatic rings. The highest BCUT2D eigenvalue weighted by Crippen LogP contribution is 2.24. The Kier molecular flexibility index (Phi) is 2.36. The molecule has 0 spiro atoms. The van der Waals surface area contributed by atoms with Gasteiger partial charge in [-0.25, -0.2) is 4.98 Å². The first kappa shape index (κ1) is 10.3. The molecule has 2 aromatic heterocycles. The van der Waals surface area contributed by atoms with Gasteiger partial charge in [-0.15, -0.1) is 0 Å². The van der Waals surface area contributed by atoms with Crippen LogP contribution in [0.3, 0.4) is 0 Å². The number of aromatic nitrogens is 2. The molecule has 2 nitrogen and oxygen atoms in total. The summed E-state index contributed by atoms with van der Waals surface area (Å²) in [6.45, 7) is 4.34. The predicted octanol–water partition coefficient (Wildman–Crippen LogP) is 3.62. The highest BCUT2D eigenvalue weighted by Gasteiger charge is 2.09. The number of rotatable bonds is 1. The monoisotopic (exact) mass is 224 g/mol. The Labute approximate surface area is 101 Å². The molecule has 1 unspecified atom stereocenters. The molecular weight excluding hydrogens is 208 g/mol. The first-order valence-corrected chi connectivity index (χ1v) is 6.07. The van der Waals surface area contributed by atoms with E-state index in [-0.39, 0.29) is 0 Å². The summed E-state index contributed by atoms with van der Waals surface area (Å²) >= 11 is 0. The third kappa shape index (κ3) is 1.80. The maximum absolute atomic E-state index is 4.67. The molecule has 1 aliphatic carbocycles. The van der Waals surface area contributed by atoms with Crippen LogP contribution in [0.2, 0.25) is 0 Å². The second-order valence-corrected chi connectivity index (χ2v) is 4.75. The van der Waals surface area contributed by atoms with E-state index in [0.29, 0.717) is 5.92 Å². The van der Waals surface area contributed by atoms with Crippen LogP contribution in [0, 0.1) is 12.8 Å². The number of pyridine rings is 1. The van der Waals surface area contributed by atoms with Crippen molar-refractivity contribution >= 4 is 11.2 Å². The van der Waals surface area contributed by atoms with Crippen molar-refractivity contribution in [3.05, 3.63) is 54.0 Å². The average Bonchev–Trinajstić information content (AvgIpc) is 2.75. The molecule has 0 radical (unpaired) electrons. The zero-order valence-electron chi connectivity index (χ0n) is 10.2. The molecule has 0 bridgehead atoms. The van der Waals surface area contributed by atoms with Crippen LogP contribution in [0.15, 0.2) is 42.6 Å². The smallest absolute Gasteiger partial charge is 0.137 e. The first-order valence-electron chi connectivity index (χ1n) is 6.07. The van der Waals surface area contributed by atoms with Crippen LogP contribution in [-0.2, 0) is 0 Å². The summed E-state index contributed by atoms with van der Waals surface area (Å²) in [7, 11) is 0. The summed E-state index contributed by atoms with van der Waals surface area (Å²) in [5, 5.41) is 0. The fourth-order valence-corrected chi connectivity index (χ4v) is 2.20. The van der Waals surface area contributed by atoms with Crippen LogP contribution in [0.4, 0.5) is 0 Å². The molecule has 0 aliphatic heterocycles. The quantitative estimate of drug-likeness (QED) is 0.723. The van der Waals surface area contributed by atoms with E-state index in [1.165, 1.54) is 11.3 Å². The normalized spacial score (nSPS) is 19.6. The van der Waals surface area contributed by atoms with Crippen molar-refractivity contribution in [2.75, 3.05) is 0 Å². The number of nitrogens with zero attached hydrogens (tertiary/aromatic N) is 2. The van der Waals surface area contributed by atoms with Crippen LogP contribution in [0.5, 0.6) is 0 Å². The Morgan fingerprint density at radius 3 is 2.94 bits per heavy atom. The molecule has 0 saturated carbocycles. The number of hydrogen-bond acceptors (Lipinski definition) is 1. The Balaban J connectivity index is 2.08. The summed E-state index contributed by atoms with van der Waals surface area (Å²) in [5.74, 6) is 0.650. The maximum atomic E-state index is 4.67. The number of fused-ring (bicyclic) bond motifs is 1. The minimum atomic E-state index is 0.650. The van der Waals surface area contributed by atoms with Crippen LogP contribution in [0.25, 0.3) is 11.2 Å². The fourth-order valence-electron chi connectivity index (χ4n) is 2.20. The third-order valence-corrected chi connectivity index (χ3v) is 3.31. The summed E-state index contributed by atoms with van der Waals surface area (Å²) in [6, 6.07) is 6.20. The van der Waals surface area contributed by atoms with Crippen molar-refractivity contribution in [1.82, 2.24) is 9.38 Å². The number of allylic oxidation sites excluding steroid dienone is 4. The number of aryl methyl sites for hydroxylation is 1. The van der Waals surface area contributed by atoms with Gasteiger partial charge in [-0.05, 0) is 37.0 Å². The molecule has 3 rings (SSSR count). The lowest BCUT2D eigenvalue weighted by atomic mass is 9.97. The van der Waals surface area contributed by atoms with Gasteiger partial charge in [0.15, 0.2) is 0 Å². The van der Waals surface area contributed by atoms with E-state index in [9.17, 15) is 0 Å². The van der Waals surface area contributed by atoms with Crippen LogP contribution < -0.4 is 0 Å². The molecule has 1 atom stereocenters. The van der Waals surface area contributed by atoms with Gasteiger partial charge in [0, 0.05) is 11.9 Å². The first-order chi connectivity index (χ1) is 8.24. The number of hydrogen-bond donors (Lipinski definition) is 0. The van der Waals surface area contributed by atoms with E-state index in [2.05, 4.69) is 59.8 Å². The molecular formula is C15H16N2. The molecule has 86 valence electrons. The van der Waals surface area contributed by atoms with Crippen LogP contribution >= 0.6 is 0 Å². The van der Waals surface area contributed by atoms with Crippen molar-refractivity contribution in [3.8, 4) is 0 Å². The van der Waals surface area contributed by atoms with Gasteiger partial charge >= 0.3 is 0 Å². The van der Waals surface area contributed by atoms with Gasteiger partial charge in [-0.3, -0.25) is 0 Å². The van der Waals surface area contributed by atoms with E-state index in [4.69, 9.17) is 0 Å². The van der Waals surface area contributed by atoms with Gasteiger partial charge in [0.2, 0.25) is 0 Å². The minimum Gasteiger partial charge on any atom is -0.304 e. The fraction of sp³-hybridized carbons (Fsp3) is 0.267. The van der Waals surface area contributed by atoms with Gasteiger partial charge in [0.25, 0.3) is 0 Å². The lowest BCUT2D eigenvalue weighted by Crippen LogP contribution is -1.94. The van der Waals surface area contributed by atoms with E-state index >= 15 is 0 Å². The largest absolute Gasteiger partial charge is 0.304 e. The Hall–Kier alpha value is -1.83. The second kappa shape index (κ2) is 3.88. The molecule has 0 N–H and O–H groups in total. The predicted molar refractivity (Wildman–Crippen MR) is 70.8 cm³/mol. The SMILES string of the molecule is Cc1cccc2nc(C3=CCC(C)C=C3)cn12. The molecule has 2 heteroatoms. The van der Waals surface area contributed by atoms with Gasteiger partial charge < -0.3 is 4.40 Å². The van der Waals surface area contributed by atoms with Crippen LogP contribution in [-0.4, -0.2) is 9.38 Å². The molecule has 0 aromatic carbocycles. The van der Waals surface area contributed by atoms with Crippen molar-refractivity contribution in [2.24, 2.45) is 5.92 Å². The Bertz CT molecular complexity index is 617. The molecule has 0 fully saturated rings. The molecule has 2 heterocycles. The van der Waals surface area contributed by atoms with E-state index in [1.54, 1.807) is 0 Å². The van der Waals surface area contributed by atoms with Crippen LogP contribution in [0.1, 0.15) is 24.7 Å². The van der Waals surface area contributed by atoms with Gasteiger partial charge in [0.1, 0.15) is 5.65 Å². The lowest BCUT2D eigenvalue weighted by molar-refractivity contribution is 0.739. The van der Waals surface area contributed by atoms with Crippen molar-refractivity contribution in [3.63, 3.8) is 0 Å². The summed E-state index contributed by atoms with van der Waals surface area (Å²) in [6.07, 6.45) is 9.95. The Morgan fingerprint density at radius 1 is 1.35 bits per heavy atom. The van der Waals surface area contributed by atoms with Gasteiger partial charge in [-0.1, -0.05) is 31.2 Å².